The van der Waals surface area contributed by atoms with Crippen LogP contribution in [0.15, 0.2) is 59.8 Å². The number of ether oxygens (including phenoxy) is 1. The van der Waals surface area contributed by atoms with E-state index < -0.39 is 0 Å². The molecule has 0 aliphatic carbocycles. The van der Waals surface area contributed by atoms with E-state index in [9.17, 15) is 9.90 Å². The van der Waals surface area contributed by atoms with Crippen LogP contribution in [0.25, 0.3) is 11.4 Å². The van der Waals surface area contributed by atoms with Gasteiger partial charge in [0, 0.05) is 35.0 Å². The van der Waals surface area contributed by atoms with E-state index in [1.54, 1.807) is 6.20 Å². The third kappa shape index (κ3) is 4.82. The van der Waals surface area contributed by atoms with E-state index in [4.69, 9.17) is 14.7 Å². The summed E-state index contributed by atoms with van der Waals surface area (Å²) in [7, 11) is 0. The minimum absolute atomic E-state index is 0.119. The molecule has 1 aliphatic heterocycles. The molecule has 4 aromatic rings. The maximum atomic E-state index is 12.8. The molecule has 8 heteroatoms. The number of hydrogen-bond acceptors (Lipinski definition) is 7. The average Bonchev–Trinajstić information content (AvgIpc) is 2.88. The number of aromatic nitrogens is 3. The number of carbonyl (C=O) groups is 1. The van der Waals surface area contributed by atoms with Crippen molar-refractivity contribution in [2.75, 3.05) is 11.1 Å². The lowest BCUT2D eigenvalue weighted by Gasteiger charge is -2.24. The molecule has 1 aliphatic rings. The van der Waals surface area contributed by atoms with Crippen LogP contribution >= 0.6 is 11.8 Å². The highest BCUT2D eigenvalue weighted by Crippen LogP contribution is 2.42. The zero-order valence-electron chi connectivity index (χ0n) is 20.3. The molecule has 2 aromatic heterocycles. The molecule has 2 N–H and O–H groups in total. The normalized spacial score (nSPS) is 11.9. The van der Waals surface area contributed by atoms with E-state index in [0.29, 0.717) is 34.5 Å². The molecule has 2 aromatic carbocycles. The number of aliphatic hydroxyl groups is 1. The third-order valence-electron chi connectivity index (χ3n) is 6.09. The molecule has 0 radical (unpaired) electrons. The van der Waals surface area contributed by atoms with Crippen molar-refractivity contribution in [3.05, 3.63) is 88.2 Å². The standard InChI is InChI=1S/C28H26N4O3S/c1-16-7-6-9-19(11-16)26-31-27-22(12-21-20(14-33)13-29-18(3)25(21)35-27)28(32-26)36-15-24(34)30-23-10-5-4-8-17(23)2/h4-11,13,33H,12,14-15H2,1-3H3,(H,30,34). The van der Waals surface area contributed by atoms with Gasteiger partial charge in [0.1, 0.15) is 5.03 Å². The fourth-order valence-electron chi connectivity index (χ4n) is 4.16. The Bertz CT molecular complexity index is 1470. The number of thioether (sulfide) groups is 1. The van der Waals surface area contributed by atoms with Gasteiger partial charge in [-0.3, -0.25) is 9.78 Å². The van der Waals surface area contributed by atoms with Gasteiger partial charge < -0.3 is 15.2 Å². The minimum atomic E-state index is -0.141. The second-order valence-electron chi connectivity index (χ2n) is 8.77. The van der Waals surface area contributed by atoms with Crippen LogP contribution in [-0.2, 0) is 17.8 Å². The molecule has 0 spiro atoms. The van der Waals surface area contributed by atoms with Crippen molar-refractivity contribution in [3.8, 4) is 23.0 Å². The highest BCUT2D eigenvalue weighted by Gasteiger charge is 2.28. The first-order valence-corrected chi connectivity index (χ1v) is 12.6. The van der Waals surface area contributed by atoms with E-state index in [1.165, 1.54) is 11.8 Å². The summed E-state index contributed by atoms with van der Waals surface area (Å²) < 4.78 is 6.26. The Hall–Kier alpha value is -3.75. The van der Waals surface area contributed by atoms with E-state index in [2.05, 4.69) is 10.3 Å². The number of nitrogens with zero attached hydrogens (tertiary/aromatic N) is 3. The number of carbonyl (C=O) groups excluding carboxylic acids is 1. The van der Waals surface area contributed by atoms with Crippen LogP contribution in [0.5, 0.6) is 11.6 Å². The maximum absolute atomic E-state index is 12.8. The number of aliphatic hydroxyl groups excluding tert-OH is 1. The topological polar surface area (TPSA) is 97.2 Å². The van der Waals surface area contributed by atoms with Gasteiger partial charge in [0.05, 0.1) is 23.6 Å². The number of fused-ring (bicyclic) bond motifs is 2. The predicted octanol–water partition coefficient (Wildman–Crippen LogP) is 5.38. The van der Waals surface area contributed by atoms with E-state index in [-0.39, 0.29) is 18.3 Å². The van der Waals surface area contributed by atoms with E-state index in [0.717, 1.165) is 39.2 Å². The number of nitrogens with one attached hydrogen (secondary N) is 1. The summed E-state index contributed by atoms with van der Waals surface area (Å²) in [5.41, 5.74) is 6.87. The lowest BCUT2D eigenvalue weighted by atomic mass is 9.99. The number of para-hydroxylation sites is 1. The van der Waals surface area contributed by atoms with Crippen molar-refractivity contribution in [2.45, 2.75) is 38.8 Å². The van der Waals surface area contributed by atoms with Gasteiger partial charge in [0.25, 0.3) is 0 Å². The van der Waals surface area contributed by atoms with Gasteiger partial charge in [-0.25, -0.2) is 4.98 Å². The Morgan fingerprint density at radius 3 is 2.69 bits per heavy atom. The average molecular weight is 499 g/mol. The van der Waals surface area contributed by atoms with Gasteiger partial charge in [0.2, 0.25) is 11.8 Å². The molecular formula is C28H26N4O3S. The van der Waals surface area contributed by atoms with Gasteiger partial charge in [-0.05, 0) is 38.5 Å². The molecule has 0 saturated carbocycles. The number of pyridine rings is 1. The Morgan fingerprint density at radius 1 is 1.08 bits per heavy atom. The van der Waals surface area contributed by atoms with Crippen molar-refractivity contribution < 1.29 is 14.6 Å². The summed E-state index contributed by atoms with van der Waals surface area (Å²) in [5.74, 6) is 1.67. The van der Waals surface area contributed by atoms with Crippen molar-refractivity contribution >= 4 is 23.4 Å². The van der Waals surface area contributed by atoms with Crippen LogP contribution < -0.4 is 10.1 Å². The Morgan fingerprint density at radius 2 is 1.92 bits per heavy atom. The summed E-state index contributed by atoms with van der Waals surface area (Å²) in [6.45, 7) is 5.71. The Kier molecular flexibility index (Phi) is 6.71. The first-order chi connectivity index (χ1) is 17.4. The van der Waals surface area contributed by atoms with Crippen LogP contribution in [-0.4, -0.2) is 31.7 Å². The largest absolute Gasteiger partial charge is 0.436 e. The highest BCUT2D eigenvalue weighted by atomic mass is 32.2. The number of amides is 1. The van der Waals surface area contributed by atoms with Crippen molar-refractivity contribution in [2.24, 2.45) is 0 Å². The molecule has 36 heavy (non-hydrogen) atoms. The summed E-state index contributed by atoms with van der Waals surface area (Å²) in [4.78, 5) is 26.8. The van der Waals surface area contributed by atoms with Gasteiger partial charge in [-0.1, -0.05) is 53.7 Å². The van der Waals surface area contributed by atoms with Gasteiger partial charge in [-0.15, -0.1) is 0 Å². The molecule has 0 bridgehead atoms. The van der Waals surface area contributed by atoms with Gasteiger partial charge in [0.15, 0.2) is 11.6 Å². The number of aryl methyl sites for hydroxylation is 3. The Balaban J connectivity index is 1.50. The van der Waals surface area contributed by atoms with Crippen LogP contribution in [0.1, 0.15) is 33.5 Å². The monoisotopic (exact) mass is 498 g/mol. The quantitative estimate of drug-likeness (QED) is 0.239. The highest BCUT2D eigenvalue weighted by molar-refractivity contribution is 8.00. The van der Waals surface area contributed by atoms with Gasteiger partial charge in [-0.2, -0.15) is 4.98 Å². The second kappa shape index (κ2) is 10.1. The second-order valence-corrected chi connectivity index (χ2v) is 9.73. The molecule has 0 atom stereocenters. The number of anilines is 1. The van der Waals surface area contributed by atoms with Crippen LogP contribution in [0.2, 0.25) is 0 Å². The summed E-state index contributed by atoms with van der Waals surface area (Å²) in [5, 5.41) is 13.5. The first kappa shape index (κ1) is 24.0. The lowest BCUT2D eigenvalue weighted by Crippen LogP contribution is -2.16. The molecular weight excluding hydrogens is 472 g/mol. The first-order valence-electron chi connectivity index (χ1n) is 11.6. The zero-order chi connectivity index (χ0) is 25.2. The zero-order valence-corrected chi connectivity index (χ0v) is 21.1. The Labute approximate surface area is 214 Å². The fraction of sp³-hybridized carbons (Fsp3) is 0.214. The number of benzene rings is 2. The van der Waals surface area contributed by atoms with Crippen LogP contribution in [0, 0.1) is 20.8 Å². The molecule has 0 unspecified atom stereocenters. The molecule has 3 heterocycles. The van der Waals surface area contributed by atoms with Crippen molar-refractivity contribution in [1.29, 1.82) is 0 Å². The minimum Gasteiger partial charge on any atom is -0.436 e. The summed E-state index contributed by atoms with van der Waals surface area (Å²) >= 11 is 1.35. The smallest absolute Gasteiger partial charge is 0.234 e. The van der Waals surface area contributed by atoms with Gasteiger partial charge >= 0.3 is 0 Å². The molecule has 0 saturated heterocycles. The molecule has 5 rings (SSSR count). The van der Waals surface area contributed by atoms with Crippen molar-refractivity contribution in [1.82, 2.24) is 15.0 Å². The number of hydrogen-bond donors (Lipinski definition) is 2. The summed E-state index contributed by atoms with van der Waals surface area (Å²) in [6.07, 6.45) is 2.16. The molecule has 0 fully saturated rings. The number of rotatable bonds is 6. The maximum Gasteiger partial charge on any atom is 0.234 e. The van der Waals surface area contributed by atoms with E-state index in [1.807, 2.05) is 69.3 Å². The predicted molar refractivity (Wildman–Crippen MR) is 141 cm³/mol. The lowest BCUT2D eigenvalue weighted by molar-refractivity contribution is -0.113. The summed E-state index contributed by atoms with van der Waals surface area (Å²) in [6, 6.07) is 15.7. The molecule has 1 amide bonds. The van der Waals surface area contributed by atoms with Crippen molar-refractivity contribution in [3.63, 3.8) is 0 Å². The fourth-order valence-corrected chi connectivity index (χ4v) is 4.98. The van der Waals surface area contributed by atoms with Crippen LogP contribution in [0.3, 0.4) is 0 Å². The third-order valence-corrected chi connectivity index (χ3v) is 7.11. The van der Waals surface area contributed by atoms with Crippen LogP contribution in [0.4, 0.5) is 5.69 Å². The molecule has 182 valence electrons. The molecule has 7 nitrogen and oxygen atoms in total. The SMILES string of the molecule is Cc1cccc(-c2nc3c(c(SCC(=O)Nc4ccccc4C)n2)Cc2c(CO)cnc(C)c2O3)c1. The van der Waals surface area contributed by atoms with E-state index >= 15 is 0 Å².